The number of ketones is 1. The molecule has 1 aliphatic rings. The minimum absolute atomic E-state index is 0.0742. The first-order chi connectivity index (χ1) is 13.9. The number of ether oxygens (including phenoxy) is 1. The number of anilines is 1. The average Bonchev–Trinajstić information content (AvgIpc) is 2.63. The number of hydrogen-bond donors (Lipinski definition) is 1. The van der Waals surface area contributed by atoms with Crippen molar-refractivity contribution in [3.05, 3.63) is 46.3 Å². The Labute approximate surface area is 193 Å². The Hall–Kier alpha value is -2.19. The summed E-state index contributed by atoms with van der Waals surface area (Å²) in [5.74, 6) is -0.324. The number of carbonyl (C=O) groups is 2. The third-order valence-corrected chi connectivity index (χ3v) is 5.98. The molecule has 0 aromatic heterocycles. The van der Waals surface area contributed by atoms with Crippen molar-refractivity contribution >= 4 is 54.0 Å². The second-order valence-electron chi connectivity index (χ2n) is 8.08. The topological polar surface area (TPSA) is 85.7 Å². The van der Waals surface area contributed by atoms with E-state index in [0.29, 0.717) is 17.9 Å². The Morgan fingerprint density at radius 1 is 1.37 bits per heavy atom. The van der Waals surface area contributed by atoms with E-state index in [4.69, 9.17) is 4.74 Å². The first-order valence-corrected chi connectivity index (χ1v) is 12.5. The number of halogens is 1. The number of fused-ring (bicyclic) bond motifs is 1. The molecule has 1 amide bonds. The highest BCUT2D eigenvalue weighted by Crippen LogP contribution is 2.36. The first-order valence-electron chi connectivity index (χ1n) is 9.19. The molecule has 1 aliphatic heterocycles. The van der Waals surface area contributed by atoms with Gasteiger partial charge < -0.3 is 9.64 Å². The largest absolute Gasteiger partial charge is 0.444 e. The molecule has 7 nitrogen and oxygen atoms in total. The molecule has 0 fully saturated rings. The monoisotopic (exact) mass is 540 g/mol. The highest BCUT2D eigenvalue weighted by atomic mass is 127. The summed E-state index contributed by atoms with van der Waals surface area (Å²) in [6.45, 7) is 7.78. The van der Waals surface area contributed by atoms with Gasteiger partial charge in [0.25, 0.3) is 0 Å². The molecular formula is C21H25IN4O3S. The Morgan fingerprint density at radius 2 is 2.03 bits per heavy atom. The fourth-order valence-corrected chi connectivity index (χ4v) is 4.28. The summed E-state index contributed by atoms with van der Waals surface area (Å²) in [5.41, 5.74) is 3.29. The van der Waals surface area contributed by atoms with Crippen LogP contribution in [-0.2, 0) is 16.1 Å². The number of nitriles is 1. The number of carbonyl (C=O) groups excluding carboxylic acids is 2. The highest BCUT2D eigenvalue weighted by Gasteiger charge is 2.27. The molecule has 0 bridgehead atoms. The van der Waals surface area contributed by atoms with Gasteiger partial charge in [0.1, 0.15) is 17.2 Å². The smallest absolute Gasteiger partial charge is 0.412 e. The van der Waals surface area contributed by atoms with Crippen LogP contribution in [0.25, 0.3) is 6.08 Å². The van der Waals surface area contributed by atoms with Crippen LogP contribution in [0.1, 0.15) is 37.5 Å². The standard InChI is InChI=1S/C21H25IN4O3S/c1-13-7-14-9-18(19(27)16(10-23)11-25(5)6)26(30-22)12-15(14)8-17(13)24-20(28)29-21(2,3)4/h7-9,11H,12H2,1-6H3,(H,24,28)/b16-11+. The molecule has 1 heterocycles. The van der Waals surface area contributed by atoms with E-state index in [1.807, 2.05) is 50.2 Å². The lowest BCUT2D eigenvalue weighted by atomic mass is 9.96. The molecule has 30 heavy (non-hydrogen) atoms. The van der Waals surface area contributed by atoms with Gasteiger partial charge in [-0.3, -0.25) is 14.4 Å². The number of rotatable bonds is 5. The number of amides is 1. The molecule has 1 aromatic carbocycles. The minimum atomic E-state index is -0.586. The fraction of sp³-hybridized carbons (Fsp3) is 0.381. The summed E-state index contributed by atoms with van der Waals surface area (Å²) in [4.78, 5) is 26.8. The third-order valence-electron chi connectivity index (χ3n) is 4.06. The van der Waals surface area contributed by atoms with E-state index in [-0.39, 0.29) is 11.4 Å². The van der Waals surface area contributed by atoms with Gasteiger partial charge in [0.05, 0.1) is 12.2 Å². The maximum Gasteiger partial charge on any atom is 0.412 e. The number of allylic oxidation sites excluding steroid dienone is 1. The van der Waals surface area contributed by atoms with Gasteiger partial charge in [0.2, 0.25) is 5.78 Å². The number of hydrogen-bond acceptors (Lipinski definition) is 7. The van der Waals surface area contributed by atoms with Crippen molar-refractivity contribution in [2.24, 2.45) is 0 Å². The lowest BCUT2D eigenvalue weighted by Crippen LogP contribution is -2.28. The van der Waals surface area contributed by atoms with Crippen molar-refractivity contribution in [2.45, 2.75) is 39.8 Å². The molecule has 0 atom stereocenters. The number of nitrogens with zero attached hydrogens (tertiary/aromatic N) is 3. The zero-order valence-corrected chi connectivity index (χ0v) is 20.8. The molecular weight excluding hydrogens is 515 g/mol. The molecule has 1 aromatic rings. The average molecular weight is 540 g/mol. The van der Waals surface area contributed by atoms with Crippen molar-refractivity contribution in [3.8, 4) is 6.07 Å². The molecule has 0 radical (unpaired) electrons. The maximum atomic E-state index is 13.0. The summed E-state index contributed by atoms with van der Waals surface area (Å²) >= 11 is 2.11. The van der Waals surface area contributed by atoms with E-state index in [2.05, 4.69) is 26.5 Å². The Morgan fingerprint density at radius 3 is 2.57 bits per heavy atom. The first kappa shape index (κ1) is 24.1. The van der Waals surface area contributed by atoms with Gasteiger partial charge >= 0.3 is 6.09 Å². The number of nitrogens with one attached hydrogen (secondary N) is 1. The van der Waals surface area contributed by atoms with Gasteiger partial charge in [-0.2, -0.15) is 5.26 Å². The molecule has 0 unspecified atom stereocenters. The van der Waals surface area contributed by atoms with Crippen LogP contribution < -0.4 is 5.32 Å². The summed E-state index contributed by atoms with van der Waals surface area (Å²) in [6.07, 6.45) is 2.80. The van der Waals surface area contributed by atoms with Crippen LogP contribution in [0.4, 0.5) is 10.5 Å². The summed E-state index contributed by atoms with van der Waals surface area (Å²) in [7, 11) is 4.91. The van der Waals surface area contributed by atoms with Gasteiger partial charge in [-0.15, -0.1) is 0 Å². The summed E-state index contributed by atoms with van der Waals surface area (Å²) in [5, 5.41) is 12.2. The van der Waals surface area contributed by atoms with Gasteiger partial charge in [-0.1, -0.05) is 0 Å². The number of Topliss-reactive ketones (excluding diaryl/α,β-unsaturated/α-hetero) is 1. The summed E-state index contributed by atoms with van der Waals surface area (Å²) in [6, 6.07) is 5.81. The highest BCUT2D eigenvalue weighted by molar-refractivity contribution is 14.2. The molecule has 0 saturated heterocycles. The van der Waals surface area contributed by atoms with Gasteiger partial charge in [-0.05, 0) is 62.6 Å². The molecule has 9 heteroatoms. The van der Waals surface area contributed by atoms with Crippen molar-refractivity contribution in [2.75, 3.05) is 19.4 Å². The Kier molecular flexibility index (Phi) is 7.82. The van der Waals surface area contributed by atoms with E-state index < -0.39 is 11.7 Å². The lowest BCUT2D eigenvalue weighted by molar-refractivity contribution is -0.112. The summed E-state index contributed by atoms with van der Waals surface area (Å²) < 4.78 is 7.17. The molecule has 1 N–H and O–H groups in total. The Bertz CT molecular complexity index is 958. The fourth-order valence-electron chi connectivity index (χ4n) is 2.83. The van der Waals surface area contributed by atoms with Gasteiger partial charge in [0, 0.05) is 56.3 Å². The van der Waals surface area contributed by atoms with Crippen LogP contribution >= 0.6 is 30.3 Å². The zero-order valence-electron chi connectivity index (χ0n) is 17.9. The van der Waals surface area contributed by atoms with Crippen molar-refractivity contribution in [1.29, 1.82) is 5.26 Å². The normalized spacial score (nSPS) is 13.7. The van der Waals surface area contributed by atoms with Gasteiger partial charge in [-0.25, -0.2) is 4.79 Å². The number of aryl methyl sites for hydroxylation is 1. The molecule has 160 valence electrons. The van der Waals surface area contributed by atoms with E-state index in [9.17, 15) is 14.9 Å². The second kappa shape index (κ2) is 9.75. The van der Waals surface area contributed by atoms with Gasteiger partial charge in [0.15, 0.2) is 0 Å². The second-order valence-corrected chi connectivity index (χ2v) is 9.84. The molecule has 2 rings (SSSR count). The van der Waals surface area contributed by atoms with E-state index in [0.717, 1.165) is 16.7 Å². The Balaban J connectivity index is 2.40. The minimum Gasteiger partial charge on any atom is -0.444 e. The van der Waals surface area contributed by atoms with Crippen LogP contribution in [0.2, 0.25) is 0 Å². The lowest BCUT2D eigenvalue weighted by Gasteiger charge is -2.28. The maximum absolute atomic E-state index is 13.0. The van der Waals surface area contributed by atoms with Crippen molar-refractivity contribution in [1.82, 2.24) is 9.21 Å². The van der Waals surface area contributed by atoms with Crippen molar-refractivity contribution < 1.29 is 14.3 Å². The van der Waals surface area contributed by atoms with Crippen LogP contribution in [0.3, 0.4) is 0 Å². The SMILES string of the molecule is Cc1cc2c(cc1NC(=O)OC(C)(C)C)CN(SI)C(C(=O)/C(C#N)=C/N(C)C)=C2. The van der Waals surface area contributed by atoms with E-state index >= 15 is 0 Å². The number of benzene rings is 1. The van der Waals surface area contributed by atoms with E-state index in [1.165, 1.54) is 15.3 Å². The molecule has 0 spiro atoms. The predicted molar refractivity (Wildman–Crippen MR) is 129 cm³/mol. The van der Waals surface area contributed by atoms with Crippen LogP contribution in [-0.4, -0.2) is 40.8 Å². The third kappa shape index (κ3) is 6.15. The van der Waals surface area contributed by atoms with E-state index in [1.54, 1.807) is 25.1 Å². The van der Waals surface area contributed by atoms with Crippen LogP contribution in [0.5, 0.6) is 0 Å². The van der Waals surface area contributed by atoms with Crippen LogP contribution in [0.15, 0.2) is 29.6 Å². The van der Waals surface area contributed by atoms with Crippen molar-refractivity contribution in [3.63, 3.8) is 0 Å². The zero-order chi connectivity index (χ0) is 22.6. The molecule has 0 saturated carbocycles. The predicted octanol–water partition coefficient (Wildman–Crippen LogP) is 5.03. The quantitative estimate of drug-likeness (QED) is 0.243. The van der Waals surface area contributed by atoms with Crippen LogP contribution in [0, 0.1) is 18.3 Å². The molecule has 0 aliphatic carbocycles.